The molecule has 51 heavy (non-hydrogen) atoms. The maximum absolute atomic E-state index is 6.72. The minimum absolute atomic E-state index is 0.514. The molecule has 4 aromatic heterocycles. The van der Waals surface area contributed by atoms with Gasteiger partial charge in [0.2, 0.25) is 5.88 Å². The second kappa shape index (κ2) is 11.9. The fourth-order valence-corrected chi connectivity index (χ4v) is 7.33. The van der Waals surface area contributed by atoms with Crippen LogP contribution >= 0.6 is 0 Å². The summed E-state index contributed by atoms with van der Waals surface area (Å²) in [5.74, 6) is 2.84. The van der Waals surface area contributed by atoms with Gasteiger partial charge in [0, 0.05) is 45.4 Å². The predicted molar refractivity (Wildman–Crippen MR) is 208 cm³/mol. The van der Waals surface area contributed by atoms with E-state index < -0.39 is 0 Å². The maximum atomic E-state index is 6.72. The van der Waals surface area contributed by atoms with Gasteiger partial charge in [-0.3, -0.25) is 9.13 Å². The molecule has 10 aromatic rings. The third-order valence-electron chi connectivity index (χ3n) is 9.66. The summed E-state index contributed by atoms with van der Waals surface area (Å²) in [6, 6.07) is 60.8. The highest BCUT2D eigenvalue weighted by molar-refractivity contribution is 6.10. The third kappa shape index (κ3) is 4.94. The van der Waals surface area contributed by atoms with Gasteiger partial charge in [0.25, 0.3) is 0 Å². The molecular weight excluding hydrogens is 625 g/mol. The Bertz CT molecular complexity index is 2820. The van der Waals surface area contributed by atoms with Crippen LogP contribution < -0.4 is 4.74 Å². The van der Waals surface area contributed by atoms with Gasteiger partial charge in [0.1, 0.15) is 17.4 Å². The lowest BCUT2D eigenvalue weighted by Gasteiger charge is -2.13. The number of hydrogen-bond acceptors (Lipinski definition) is 3. The van der Waals surface area contributed by atoms with Gasteiger partial charge in [-0.15, -0.1) is 0 Å². The van der Waals surface area contributed by atoms with Crippen molar-refractivity contribution in [2.75, 3.05) is 0 Å². The Hall–Kier alpha value is -6.98. The van der Waals surface area contributed by atoms with Gasteiger partial charge in [-0.1, -0.05) is 115 Å². The van der Waals surface area contributed by atoms with Crippen molar-refractivity contribution >= 4 is 43.6 Å². The molecule has 0 atom stereocenters. The second-order valence-electron chi connectivity index (χ2n) is 12.7. The monoisotopic (exact) mass is 654 g/mol. The Morgan fingerprint density at radius 2 is 0.902 bits per heavy atom. The molecule has 0 spiro atoms. The van der Waals surface area contributed by atoms with E-state index in [1.807, 2.05) is 42.6 Å². The average molecular weight is 655 g/mol. The molecule has 0 aliphatic carbocycles. The van der Waals surface area contributed by atoms with Crippen LogP contribution in [0.5, 0.6) is 11.6 Å². The molecule has 0 saturated carbocycles. The van der Waals surface area contributed by atoms with E-state index in [1.54, 1.807) is 0 Å². The predicted octanol–water partition coefficient (Wildman–Crippen LogP) is 11.8. The van der Waals surface area contributed by atoms with Crippen LogP contribution in [0, 0.1) is 0 Å². The normalized spacial score (nSPS) is 11.5. The van der Waals surface area contributed by atoms with Gasteiger partial charge in [-0.2, -0.15) is 4.98 Å². The minimum Gasteiger partial charge on any atom is -0.439 e. The van der Waals surface area contributed by atoms with E-state index in [9.17, 15) is 0 Å². The van der Waals surface area contributed by atoms with Gasteiger partial charge < -0.3 is 4.74 Å². The van der Waals surface area contributed by atoms with E-state index in [0.717, 1.165) is 66.7 Å². The summed E-state index contributed by atoms with van der Waals surface area (Å²) in [7, 11) is 0. The lowest BCUT2D eigenvalue weighted by molar-refractivity contribution is 0.463. The molecule has 0 saturated heterocycles. The van der Waals surface area contributed by atoms with Gasteiger partial charge in [-0.25, -0.2) is 4.98 Å². The van der Waals surface area contributed by atoms with Crippen LogP contribution in [0.4, 0.5) is 0 Å². The quantitative estimate of drug-likeness (QED) is 0.179. The Morgan fingerprint density at radius 3 is 1.49 bits per heavy atom. The van der Waals surface area contributed by atoms with Crippen molar-refractivity contribution in [2.24, 2.45) is 0 Å². The molecule has 0 N–H and O–H groups in total. The van der Waals surface area contributed by atoms with Crippen LogP contribution in [-0.4, -0.2) is 19.1 Å². The molecule has 0 aliphatic rings. The number of hydrogen-bond donors (Lipinski definition) is 0. The number of benzene rings is 6. The molecule has 10 rings (SSSR count). The van der Waals surface area contributed by atoms with Crippen LogP contribution in [0.2, 0.25) is 0 Å². The number of rotatable bonds is 6. The molecule has 4 heterocycles. The Balaban J connectivity index is 1.12. The smallest absolute Gasteiger partial charge is 0.221 e. The van der Waals surface area contributed by atoms with Crippen molar-refractivity contribution < 1.29 is 4.74 Å². The fraction of sp³-hybridized carbons (Fsp3) is 0. The first-order chi connectivity index (χ1) is 25.3. The van der Waals surface area contributed by atoms with E-state index in [4.69, 9.17) is 14.7 Å². The maximum Gasteiger partial charge on any atom is 0.221 e. The van der Waals surface area contributed by atoms with Gasteiger partial charge in [0.15, 0.2) is 0 Å². The lowest BCUT2D eigenvalue weighted by atomic mass is 10.1. The molecule has 0 radical (unpaired) electrons. The lowest BCUT2D eigenvalue weighted by Crippen LogP contribution is -2.00. The first kappa shape index (κ1) is 29.0. The van der Waals surface area contributed by atoms with Crippen molar-refractivity contribution in [3.05, 3.63) is 182 Å². The van der Waals surface area contributed by atoms with Gasteiger partial charge in [-0.05, 0) is 65.2 Å². The average Bonchev–Trinajstić information content (AvgIpc) is 3.71. The van der Waals surface area contributed by atoms with E-state index in [0.29, 0.717) is 11.6 Å². The largest absolute Gasteiger partial charge is 0.439 e. The van der Waals surface area contributed by atoms with Gasteiger partial charge >= 0.3 is 0 Å². The topological polar surface area (TPSA) is 44.9 Å². The van der Waals surface area contributed by atoms with E-state index in [2.05, 4.69) is 149 Å². The summed E-state index contributed by atoms with van der Waals surface area (Å²) in [6.45, 7) is 0. The van der Waals surface area contributed by atoms with Crippen LogP contribution in [0.3, 0.4) is 0 Å². The first-order valence-corrected chi connectivity index (χ1v) is 17.1. The van der Waals surface area contributed by atoms with Crippen LogP contribution in [0.1, 0.15) is 0 Å². The first-order valence-electron chi connectivity index (χ1n) is 17.1. The zero-order chi connectivity index (χ0) is 33.7. The van der Waals surface area contributed by atoms with E-state index in [-0.39, 0.29) is 0 Å². The summed E-state index contributed by atoms with van der Waals surface area (Å²) in [5, 5.41) is 4.66. The van der Waals surface area contributed by atoms with Crippen molar-refractivity contribution in [3.8, 4) is 45.5 Å². The summed E-state index contributed by atoms with van der Waals surface area (Å²) >= 11 is 0. The van der Waals surface area contributed by atoms with Crippen molar-refractivity contribution in [3.63, 3.8) is 0 Å². The van der Waals surface area contributed by atoms with Crippen molar-refractivity contribution in [1.29, 1.82) is 0 Å². The molecule has 0 fully saturated rings. The number of para-hydroxylation sites is 3. The molecule has 240 valence electrons. The van der Waals surface area contributed by atoms with E-state index >= 15 is 0 Å². The highest BCUT2D eigenvalue weighted by atomic mass is 16.5. The van der Waals surface area contributed by atoms with Gasteiger partial charge in [0.05, 0.1) is 22.1 Å². The van der Waals surface area contributed by atoms with Crippen LogP contribution in [0.25, 0.3) is 77.5 Å². The fourth-order valence-electron chi connectivity index (χ4n) is 7.33. The van der Waals surface area contributed by atoms with Crippen LogP contribution in [-0.2, 0) is 0 Å². The molecule has 6 aromatic carbocycles. The molecule has 0 aliphatic heterocycles. The molecule has 5 nitrogen and oxygen atoms in total. The highest BCUT2D eigenvalue weighted by Crippen LogP contribution is 2.37. The van der Waals surface area contributed by atoms with E-state index in [1.165, 1.54) is 10.8 Å². The third-order valence-corrected chi connectivity index (χ3v) is 9.66. The zero-order valence-corrected chi connectivity index (χ0v) is 27.5. The second-order valence-corrected chi connectivity index (χ2v) is 12.7. The molecule has 0 bridgehead atoms. The number of fused-ring (bicyclic) bond motifs is 6. The SMILES string of the molecule is c1ccc(-c2ccc(-n3c4ccccc4c4ccc(Oc5cc(-c6ccccc6)cc(-n6c7ccccc7c7ccccc76)n5)cc43)nc2)cc1. The summed E-state index contributed by atoms with van der Waals surface area (Å²) in [6.07, 6.45) is 1.95. The Kier molecular flexibility index (Phi) is 6.74. The molecule has 5 heteroatoms. The van der Waals surface area contributed by atoms with Crippen molar-refractivity contribution in [2.45, 2.75) is 0 Å². The molecule has 0 amide bonds. The Morgan fingerprint density at radius 1 is 0.373 bits per heavy atom. The molecule has 0 unspecified atom stereocenters. The summed E-state index contributed by atoms with van der Waals surface area (Å²) in [5.41, 5.74) is 8.62. The van der Waals surface area contributed by atoms with Crippen molar-refractivity contribution in [1.82, 2.24) is 19.1 Å². The standard InChI is InChI=1S/C46H30N4O/c1-3-13-31(14-4-1)33-23-26-44(47-30-33)50-42-22-12-9-19-38(42)39-25-24-35(29-43(39)50)51-46-28-34(32-15-5-2-6-16-32)27-45(48-46)49-40-20-10-7-17-36(40)37-18-8-11-21-41(37)49/h1-30H. The zero-order valence-electron chi connectivity index (χ0n) is 27.5. The molecular formula is C46H30N4O. The summed E-state index contributed by atoms with van der Waals surface area (Å²) < 4.78 is 11.2. The highest BCUT2D eigenvalue weighted by Gasteiger charge is 2.17. The Labute approximate surface area is 294 Å². The number of nitrogens with zero attached hydrogens (tertiary/aromatic N) is 4. The number of aromatic nitrogens is 4. The number of pyridine rings is 2. The minimum atomic E-state index is 0.514. The summed E-state index contributed by atoms with van der Waals surface area (Å²) in [4.78, 5) is 10.1. The van der Waals surface area contributed by atoms with Crippen LogP contribution in [0.15, 0.2) is 182 Å². The number of ether oxygens (including phenoxy) is 1.